The minimum Gasteiger partial charge on any atom is -0.507 e. The molecule has 0 radical (unpaired) electrons. The molecule has 2 N–H and O–H groups in total. The number of aromatic nitrogens is 2. The number of phenolic OH excluding ortho intramolecular Hbond substituents is 1. The first kappa shape index (κ1) is 31.9. The number of ketones is 1. The maximum absolute atomic E-state index is 13.8. The van der Waals surface area contributed by atoms with Crippen LogP contribution in [0.15, 0.2) is 60.7 Å². The normalized spacial score (nSPS) is 11.8. The number of fused-ring (bicyclic) bond motifs is 1. The molecule has 0 aliphatic rings. The summed E-state index contributed by atoms with van der Waals surface area (Å²) >= 11 is 0. The Hall–Kier alpha value is -3.65. The smallest absolute Gasteiger partial charge is 0.338 e. The molecule has 1 aromatic heterocycles. The Morgan fingerprint density at radius 3 is 1.83 bits per heavy atom. The van der Waals surface area contributed by atoms with Crippen LogP contribution in [0.2, 0.25) is 0 Å². The quantitative estimate of drug-likeness (QED) is 0.173. The van der Waals surface area contributed by atoms with Gasteiger partial charge in [-0.05, 0) is 59.7 Å². The van der Waals surface area contributed by atoms with Crippen molar-refractivity contribution in [1.82, 2.24) is 9.13 Å². The number of carbonyl (C=O) groups is 2. The van der Waals surface area contributed by atoms with Gasteiger partial charge in [0, 0.05) is 16.7 Å². The van der Waals surface area contributed by atoms with Crippen molar-refractivity contribution < 1.29 is 19.4 Å². The molecule has 7 nitrogen and oxygen atoms in total. The average molecular weight is 623 g/mol. The van der Waals surface area contributed by atoms with Crippen molar-refractivity contribution >= 4 is 39.8 Å². The van der Waals surface area contributed by atoms with Gasteiger partial charge in [0.2, 0.25) is 5.62 Å². The Balaban J connectivity index is 0.00000462. The molecule has 3 aromatic carbocycles. The van der Waals surface area contributed by atoms with Gasteiger partial charge >= 0.3 is 5.97 Å². The van der Waals surface area contributed by atoms with Gasteiger partial charge < -0.3 is 19.0 Å². The lowest BCUT2D eigenvalue weighted by Gasteiger charge is -2.28. The number of esters is 1. The minimum absolute atomic E-state index is 0. The van der Waals surface area contributed by atoms with Crippen LogP contribution in [0.4, 0.5) is 0 Å². The third kappa shape index (κ3) is 6.64. The average Bonchev–Trinajstić information content (AvgIpc) is 3.14. The van der Waals surface area contributed by atoms with E-state index in [4.69, 9.17) is 10.1 Å². The molecule has 0 unspecified atom stereocenters. The number of para-hydroxylation sites is 2. The number of nitrogens with one attached hydrogen (secondary N) is 1. The Morgan fingerprint density at radius 1 is 0.829 bits per heavy atom. The van der Waals surface area contributed by atoms with Gasteiger partial charge in [-0.25, -0.2) is 4.79 Å². The highest BCUT2D eigenvalue weighted by Crippen LogP contribution is 2.40. The summed E-state index contributed by atoms with van der Waals surface area (Å²) in [5.41, 5.74) is 4.50. The van der Waals surface area contributed by atoms with E-state index in [1.165, 1.54) is 0 Å². The Kier molecular flexibility index (Phi) is 9.38. The van der Waals surface area contributed by atoms with E-state index in [0.717, 1.165) is 27.7 Å². The number of Topliss-reactive ketones (excluding diaryl/α,β-unsaturated/α-hetero) is 1. The predicted molar refractivity (Wildman–Crippen MR) is 167 cm³/mol. The van der Waals surface area contributed by atoms with Crippen molar-refractivity contribution in [3.8, 4) is 5.75 Å². The zero-order valence-electron chi connectivity index (χ0n) is 24.9. The SMILES string of the molecule is Br.CCOC(=O)c1ccc(Cn2c(=N)n(CC(=O)c3cc(C(C)(C)C)c(O)c(C(C)(C)C)c3)c3ccccc32)cc1. The molecule has 0 saturated heterocycles. The molecular weight excluding hydrogens is 582 g/mol. The summed E-state index contributed by atoms with van der Waals surface area (Å²) in [4.78, 5) is 25.8. The number of halogens is 1. The van der Waals surface area contributed by atoms with Crippen molar-refractivity contribution in [2.24, 2.45) is 0 Å². The van der Waals surface area contributed by atoms with E-state index in [1.54, 1.807) is 35.8 Å². The van der Waals surface area contributed by atoms with Gasteiger partial charge in [-0.3, -0.25) is 10.2 Å². The van der Waals surface area contributed by atoms with Crippen LogP contribution in [-0.2, 0) is 28.7 Å². The summed E-state index contributed by atoms with van der Waals surface area (Å²) < 4.78 is 8.66. The Labute approximate surface area is 252 Å². The van der Waals surface area contributed by atoms with Crippen molar-refractivity contribution in [3.63, 3.8) is 0 Å². The summed E-state index contributed by atoms with van der Waals surface area (Å²) in [7, 11) is 0. The second-order valence-corrected chi connectivity index (χ2v) is 12.2. The van der Waals surface area contributed by atoms with E-state index < -0.39 is 0 Å². The molecule has 4 rings (SSSR count). The monoisotopic (exact) mass is 621 g/mol. The number of aromatic hydroxyl groups is 1. The van der Waals surface area contributed by atoms with Crippen LogP contribution >= 0.6 is 17.0 Å². The third-order valence-electron chi connectivity index (χ3n) is 7.13. The third-order valence-corrected chi connectivity index (χ3v) is 7.13. The van der Waals surface area contributed by atoms with Crippen molar-refractivity contribution in [2.45, 2.75) is 72.4 Å². The molecule has 4 aromatic rings. The maximum atomic E-state index is 13.8. The highest BCUT2D eigenvalue weighted by atomic mass is 79.9. The molecular formula is C33H40BrN3O4. The van der Waals surface area contributed by atoms with Crippen LogP contribution in [0.1, 0.15) is 85.9 Å². The van der Waals surface area contributed by atoms with Crippen molar-refractivity contribution in [2.75, 3.05) is 6.61 Å². The van der Waals surface area contributed by atoms with E-state index in [-0.39, 0.29) is 57.5 Å². The summed E-state index contributed by atoms with van der Waals surface area (Å²) in [6.07, 6.45) is 0. The van der Waals surface area contributed by atoms with Gasteiger partial charge in [-0.2, -0.15) is 0 Å². The number of rotatable bonds is 7. The molecule has 8 heteroatoms. The van der Waals surface area contributed by atoms with Gasteiger partial charge in [-0.15, -0.1) is 17.0 Å². The van der Waals surface area contributed by atoms with E-state index in [2.05, 4.69) is 0 Å². The summed E-state index contributed by atoms with van der Waals surface area (Å²) in [6, 6.07) is 18.4. The zero-order valence-corrected chi connectivity index (χ0v) is 26.6. The van der Waals surface area contributed by atoms with Crippen LogP contribution in [-0.4, -0.2) is 32.6 Å². The fraction of sp³-hybridized carbons (Fsp3) is 0.364. The first-order valence-electron chi connectivity index (χ1n) is 13.6. The molecule has 0 spiro atoms. The molecule has 0 bridgehead atoms. The van der Waals surface area contributed by atoms with Crippen LogP contribution in [0.25, 0.3) is 11.0 Å². The number of nitrogens with zero attached hydrogens (tertiary/aromatic N) is 2. The fourth-order valence-corrected chi connectivity index (χ4v) is 4.93. The lowest BCUT2D eigenvalue weighted by molar-refractivity contribution is 0.0526. The van der Waals surface area contributed by atoms with Gasteiger partial charge in [0.15, 0.2) is 5.78 Å². The highest BCUT2D eigenvalue weighted by molar-refractivity contribution is 8.93. The molecule has 0 saturated carbocycles. The number of phenols is 1. The standard InChI is InChI=1S/C33H39N3O4.BrH/c1-8-40-30(39)22-15-13-21(14-16-22)19-35-26-11-9-10-12-27(26)36(31(35)34)20-28(37)23-17-24(32(2,3)4)29(38)25(18-23)33(5,6)7;/h9-18,34,38H,8,19-20H2,1-7H3;1H. The van der Waals surface area contributed by atoms with Crippen LogP contribution in [0.3, 0.4) is 0 Å². The van der Waals surface area contributed by atoms with Crippen molar-refractivity contribution in [3.05, 3.63) is 94.1 Å². The molecule has 218 valence electrons. The number of ether oxygens (including phenoxy) is 1. The highest BCUT2D eigenvalue weighted by Gasteiger charge is 2.28. The van der Waals surface area contributed by atoms with Gasteiger partial charge in [0.1, 0.15) is 5.75 Å². The summed E-state index contributed by atoms with van der Waals surface area (Å²) in [5, 5.41) is 20.1. The molecule has 0 atom stereocenters. The van der Waals surface area contributed by atoms with E-state index in [9.17, 15) is 14.7 Å². The second-order valence-electron chi connectivity index (χ2n) is 12.2. The van der Waals surface area contributed by atoms with Crippen LogP contribution in [0, 0.1) is 5.41 Å². The molecule has 0 aliphatic heterocycles. The van der Waals surface area contributed by atoms with Gasteiger partial charge in [-0.1, -0.05) is 65.8 Å². The van der Waals surface area contributed by atoms with Gasteiger partial charge in [0.05, 0.1) is 36.3 Å². The van der Waals surface area contributed by atoms with Gasteiger partial charge in [0.25, 0.3) is 0 Å². The minimum atomic E-state index is -0.364. The Morgan fingerprint density at radius 2 is 1.34 bits per heavy atom. The van der Waals surface area contributed by atoms with E-state index in [1.807, 2.05) is 82.5 Å². The van der Waals surface area contributed by atoms with Crippen LogP contribution < -0.4 is 5.62 Å². The predicted octanol–water partition coefficient (Wildman–Crippen LogP) is 6.91. The molecule has 0 aliphatic carbocycles. The van der Waals surface area contributed by atoms with E-state index in [0.29, 0.717) is 24.3 Å². The number of carbonyl (C=O) groups excluding carboxylic acids is 2. The first-order chi connectivity index (χ1) is 18.7. The molecule has 0 fully saturated rings. The largest absolute Gasteiger partial charge is 0.507 e. The lowest BCUT2D eigenvalue weighted by Crippen LogP contribution is -2.28. The lowest BCUT2D eigenvalue weighted by atomic mass is 9.78. The Bertz CT molecular complexity index is 1600. The summed E-state index contributed by atoms with van der Waals surface area (Å²) in [5.74, 6) is -0.261. The number of benzene rings is 3. The zero-order chi connectivity index (χ0) is 29.4. The topological polar surface area (TPSA) is 97.3 Å². The molecule has 41 heavy (non-hydrogen) atoms. The fourth-order valence-electron chi connectivity index (χ4n) is 4.93. The molecule has 0 amide bonds. The second kappa shape index (κ2) is 12.1. The molecule has 1 heterocycles. The number of hydrogen-bond acceptors (Lipinski definition) is 5. The van der Waals surface area contributed by atoms with Crippen LogP contribution in [0.5, 0.6) is 5.75 Å². The van der Waals surface area contributed by atoms with Crippen molar-refractivity contribution in [1.29, 1.82) is 5.41 Å². The maximum Gasteiger partial charge on any atom is 0.338 e. The van der Waals surface area contributed by atoms with E-state index >= 15 is 0 Å². The number of imidazole rings is 1. The summed E-state index contributed by atoms with van der Waals surface area (Å²) in [6.45, 7) is 14.6. The first-order valence-corrected chi connectivity index (χ1v) is 13.6. The number of hydrogen-bond donors (Lipinski definition) is 2.